The van der Waals surface area contributed by atoms with Gasteiger partial charge in [0.15, 0.2) is 0 Å². The van der Waals surface area contributed by atoms with Crippen LogP contribution in [0.2, 0.25) is 0 Å². The van der Waals surface area contributed by atoms with Crippen LogP contribution in [0.15, 0.2) is 29.2 Å². The van der Waals surface area contributed by atoms with E-state index in [0.29, 0.717) is 25.7 Å². The Morgan fingerprint density at radius 3 is 2.39 bits per heavy atom. The number of halogens is 1. The fourth-order valence-corrected chi connectivity index (χ4v) is 3.52. The third-order valence-corrected chi connectivity index (χ3v) is 4.70. The molecule has 0 aliphatic heterocycles. The standard InChI is InChI=1S/C12H16FNO3S/c13-11-3-1-2-4-12(11)18(16,17)14-9-5-7-10(15)8-6-9/h1-4,9-10,14-15H,5-8H2. The molecule has 2 N–H and O–H groups in total. The van der Waals surface area contributed by atoms with Crippen LogP contribution in [0.3, 0.4) is 0 Å². The molecule has 1 aromatic carbocycles. The summed E-state index contributed by atoms with van der Waals surface area (Å²) in [5.41, 5.74) is 0. The molecule has 1 aromatic rings. The normalized spacial score (nSPS) is 25.0. The Kier molecular flexibility index (Phi) is 3.99. The van der Waals surface area contributed by atoms with Crippen molar-refractivity contribution in [3.8, 4) is 0 Å². The molecule has 18 heavy (non-hydrogen) atoms. The fraction of sp³-hybridized carbons (Fsp3) is 0.500. The monoisotopic (exact) mass is 273 g/mol. The zero-order chi connectivity index (χ0) is 13.2. The molecule has 1 fully saturated rings. The van der Waals surface area contributed by atoms with Crippen molar-refractivity contribution >= 4 is 10.0 Å². The van der Waals surface area contributed by atoms with Gasteiger partial charge in [-0.25, -0.2) is 17.5 Å². The van der Waals surface area contributed by atoms with Gasteiger partial charge in [-0.3, -0.25) is 0 Å². The molecule has 4 nitrogen and oxygen atoms in total. The van der Waals surface area contributed by atoms with Gasteiger partial charge in [-0.1, -0.05) is 12.1 Å². The average Bonchev–Trinajstić information content (AvgIpc) is 2.32. The van der Waals surface area contributed by atoms with Crippen LogP contribution in [-0.4, -0.2) is 25.7 Å². The number of sulfonamides is 1. The van der Waals surface area contributed by atoms with Gasteiger partial charge < -0.3 is 5.11 Å². The molecule has 6 heteroatoms. The maximum Gasteiger partial charge on any atom is 0.243 e. The lowest BCUT2D eigenvalue weighted by Crippen LogP contribution is -2.38. The highest BCUT2D eigenvalue weighted by atomic mass is 32.2. The van der Waals surface area contributed by atoms with Gasteiger partial charge in [0.2, 0.25) is 10.0 Å². The van der Waals surface area contributed by atoms with Gasteiger partial charge in [0.05, 0.1) is 6.10 Å². The Labute approximate surface area is 106 Å². The number of benzene rings is 1. The van der Waals surface area contributed by atoms with Crippen molar-refractivity contribution in [1.29, 1.82) is 0 Å². The summed E-state index contributed by atoms with van der Waals surface area (Å²) in [6.45, 7) is 0. The summed E-state index contributed by atoms with van der Waals surface area (Å²) in [7, 11) is -3.81. The first kappa shape index (κ1) is 13.5. The number of aliphatic hydroxyl groups is 1. The predicted octanol–water partition coefficient (Wildman–Crippen LogP) is 1.41. The summed E-state index contributed by atoms with van der Waals surface area (Å²) in [5, 5.41) is 9.35. The van der Waals surface area contributed by atoms with Crippen LogP contribution < -0.4 is 4.72 Å². The summed E-state index contributed by atoms with van der Waals surface area (Å²) in [4.78, 5) is -0.323. The van der Waals surface area contributed by atoms with Gasteiger partial charge in [-0.15, -0.1) is 0 Å². The molecule has 1 aliphatic rings. The van der Waals surface area contributed by atoms with Gasteiger partial charge in [0, 0.05) is 6.04 Å². The fourth-order valence-electron chi connectivity index (χ4n) is 2.14. The molecule has 0 saturated heterocycles. The van der Waals surface area contributed by atoms with Crippen LogP contribution in [0.4, 0.5) is 4.39 Å². The summed E-state index contributed by atoms with van der Waals surface area (Å²) in [6.07, 6.45) is 1.96. The largest absolute Gasteiger partial charge is 0.393 e. The van der Waals surface area contributed by atoms with E-state index in [4.69, 9.17) is 0 Å². The molecule has 0 unspecified atom stereocenters. The average molecular weight is 273 g/mol. The third-order valence-electron chi connectivity index (χ3n) is 3.14. The number of hydrogen-bond donors (Lipinski definition) is 2. The molecule has 0 heterocycles. The van der Waals surface area contributed by atoms with Crippen molar-refractivity contribution in [2.45, 2.75) is 42.7 Å². The number of rotatable bonds is 3. The van der Waals surface area contributed by atoms with Crippen molar-refractivity contribution in [3.05, 3.63) is 30.1 Å². The molecule has 1 aliphatic carbocycles. The smallest absolute Gasteiger partial charge is 0.243 e. The molecule has 0 radical (unpaired) electrons. The van der Waals surface area contributed by atoms with Crippen molar-refractivity contribution in [3.63, 3.8) is 0 Å². The minimum atomic E-state index is -3.81. The second-order valence-electron chi connectivity index (χ2n) is 4.56. The van der Waals surface area contributed by atoms with E-state index < -0.39 is 15.8 Å². The minimum absolute atomic E-state index is 0.224. The second kappa shape index (κ2) is 5.34. The van der Waals surface area contributed by atoms with E-state index in [1.165, 1.54) is 18.2 Å². The summed E-state index contributed by atoms with van der Waals surface area (Å²) >= 11 is 0. The maximum atomic E-state index is 13.4. The zero-order valence-corrected chi connectivity index (χ0v) is 10.7. The third kappa shape index (κ3) is 3.07. The quantitative estimate of drug-likeness (QED) is 0.875. The van der Waals surface area contributed by atoms with Crippen LogP contribution in [0, 0.1) is 5.82 Å². The molecule has 1 saturated carbocycles. The van der Waals surface area contributed by atoms with Crippen LogP contribution in [0.25, 0.3) is 0 Å². The van der Waals surface area contributed by atoms with E-state index in [-0.39, 0.29) is 17.0 Å². The van der Waals surface area contributed by atoms with Crippen molar-refractivity contribution in [1.82, 2.24) is 4.72 Å². The van der Waals surface area contributed by atoms with E-state index in [0.717, 1.165) is 6.07 Å². The predicted molar refractivity (Wildman–Crippen MR) is 65.0 cm³/mol. The van der Waals surface area contributed by atoms with E-state index in [9.17, 15) is 17.9 Å². The maximum absolute atomic E-state index is 13.4. The van der Waals surface area contributed by atoms with E-state index in [1.54, 1.807) is 0 Å². The molecule has 0 aromatic heterocycles. The first-order valence-corrected chi connectivity index (χ1v) is 7.42. The molecular weight excluding hydrogens is 257 g/mol. The summed E-state index contributed by atoms with van der Waals surface area (Å²) in [6, 6.07) is 5.08. The summed E-state index contributed by atoms with van der Waals surface area (Å²) in [5.74, 6) is -0.749. The Morgan fingerprint density at radius 2 is 1.78 bits per heavy atom. The highest BCUT2D eigenvalue weighted by molar-refractivity contribution is 7.89. The van der Waals surface area contributed by atoms with E-state index >= 15 is 0 Å². The second-order valence-corrected chi connectivity index (χ2v) is 6.24. The van der Waals surface area contributed by atoms with E-state index in [1.807, 2.05) is 0 Å². The molecule has 0 bridgehead atoms. The molecular formula is C12H16FNO3S. The number of nitrogens with one attached hydrogen (secondary N) is 1. The van der Waals surface area contributed by atoms with Crippen LogP contribution in [-0.2, 0) is 10.0 Å². The van der Waals surface area contributed by atoms with Gasteiger partial charge >= 0.3 is 0 Å². The Balaban J connectivity index is 2.11. The van der Waals surface area contributed by atoms with Crippen LogP contribution in [0.1, 0.15) is 25.7 Å². The van der Waals surface area contributed by atoms with E-state index in [2.05, 4.69) is 4.72 Å². The lowest BCUT2D eigenvalue weighted by atomic mass is 9.94. The van der Waals surface area contributed by atoms with Crippen molar-refractivity contribution in [2.24, 2.45) is 0 Å². The van der Waals surface area contributed by atoms with Gasteiger partial charge in [-0.05, 0) is 37.8 Å². The Bertz CT molecular complexity index is 510. The van der Waals surface area contributed by atoms with Crippen molar-refractivity contribution < 1.29 is 17.9 Å². The highest BCUT2D eigenvalue weighted by Gasteiger charge is 2.26. The van der Waals surface area contributed by atoms with Gasteiger partial charge in [0.1, 0.15) is 10.7 Å². The molecule has 2 rings (SSSR count). The van der Waals surface area contributed by atoms with Crippen LogP contribution in [0.5, 0.6) is 0 Å². The Morgan fingerprint density at radius 1 is 1.17 bits per heavy atom. The molecule has 100 valence electrons. The minimum Gasteiger partial charge on any atom is -0.393 e. The SMILES string of the molecule is O=S(=O)(NC1CCC(O)CC1)c1ccccc1F. The van der Waals surface area contributed by atoms with Gasteiger partial charge in [0.25, 0.3) is 0 Å². The lowest BCUT2D eigenvalue weighted by molar-refractivity contribution is 0.120. The summed E-state index contributed by atoms with van der Waals surface area (Å²) < 4.78 is 39.9. The lowest BCUT2D eigenvalue weighted by Gasteiger charge is -2.26. The van der Waals surface area contributed by atoms with Crippen LogP contribution >= 0.6 is 0 Å². The number of aliphatic hydroxyl groups excluding tert-OH is 1. The molecule has 0 spiro atoms. The number of hydrogen-bond acceptors (Lipinski definition) is 3. The molecule has 0 atom stereocenters. The first-order chi connectivity index (χ1) is 8.49. The first-order valence-electron chi connectivity index (χ1n) is 5.94. The highest BCUT2D eigenvalue weighted by Crippen LogP contribution is 2.21. The molecule has 0 amide bonds. The zero-order valence-electron chi connectivity index (χ0n) is 9.84. The Hall–Kier alpha value is -0.980. The van der Waals surface area contributed by atoms with Crippen molar-refractivity contribution in [2.75, 3.05) is 0 Å². The topological polar surface area (TPSA) is 66.4 Å². The van der Waals surface area contributed by atoms with Gasteiger partial charge in [-0.2, -0.15) is 0 Å².